The molecule has 0 amide bonds. The Bertz CT molecular complexity index is 1480. The zero-order valence-electron chi connectivity index (χ0n) is 18.7. The Morgan fingerprint density at radius 3 is 2.57 bits per heavy atom. The normalized spacial score (nSPS) is 13.8. The second-order valence-corrected chi connectivity index (χ2v) is 8.05. The molecule has 1 saturated heterocycles. The van der Waals surface area contributed by atoms with E-state index in [4.69, 9.17) is 19.6 Å². The van der Waals surface area contributed by atoms with E-state index in [9.17, 15) is 4.39 Å². The first-order valence-corrected chi connectivity index (χ1v) is 11.3. The van der Waals surface area contributed by atoms with Gasteiger partial charge < -0.3 is 14.4 Å². The molecule has 0 atom stereocenters. The molecule has 4 aromatic heterocycles. The summed E-state index contributed by atoms with van der Waals surface area (Å²) in [5.74, 6) is 1.23. The van der Waals surface area contributed by atoms with Crippen LogP contribution in [0, 0.1) is 5.82 Å². The number of fused-ring (bicyclic) bond motifs is 1. The fourth-order valence-corrected chi connectivity index (χ4v) is 4.09. The largest absolute Gasteiger partial charge is 0.438 e. The first-order chi connectivity index (χ1) is 17.2. The lowest BCUT2D eigenvalue weighted by Gasteiger charge is -2.29. The first kappa shape index (κ1) is 21.2. The van der Waals surface area contributed by atoms with E-state index in [0.717, 1.165) is 30.2 Å². The number of nitrogens with zero attached hydrogens (tertiary/aromatic N) is 6. The number of hydrogen-bond acceptors (Lipinski definition) is 7. The van der Waals surface area contributed by atoms with Crippen LogP contribution in [0.25, 0.3) is 28.2 Å². The standard InChI is InChI=1S/C26H21FN6O2/c27-19-3-1-4-20(15-19)35-26-21(5-2-8-29-26)23-17-25(32-11-13-34-14-12-32)33-24(30-23)16-22(31-33)18-6-9-28-10-7-18/h1-10,15-17H,11-14H2. The van der Waals surface area contributed by atoms with Gasteiger partial charge in [0.25, 0.3) is 0 Å². The average molecular weight is 468 g/mol. The van der Waals surface area contributed by atoms with Gasteiger partial charge in [0.2, 0.25) is 5.88 Å². The number of ether oxygens (including phenoxy) is 2. The molecule has 0 unspecified atom stereocenters. The summed E-state index contributed by atoms with van der Waals surface area (Å²) in [6, 6.07) is 17.5. The van der Waals surface area contributed by atoms with Gasteiger partial charge in [-0.3, -0.25) is 4.98 Å². The number of hydrogen-bond donors (Lipinski definition) is 0. The number of morpholine rings is 1. The van der Waals surface area contributed by atoms with Crippen molar-refractivity contribution < 1.29 is 13.9 Å². The van der Waals surface area contributed by atoms with Gasteiger partial charge in [0.15, 0.2) is 5.65 Å². The lowest BCUT2D eigenvalue weighted by molar-refractivity contribution is 0.122. The van der Waals surface area contributed by atoms with E-state index >= 15 is 0 Å². The number of anilines is 1. The predicted octanol–water partition coefficient (Wildman–Crippen LogP) is 4.62. The highest BCUT2D eigenvalue weighted by Crippen LogP contribution is 2.34. The molecule has 1 aliphatic heterocycles. The van der Waals surface area contributed by atoms with Crippen molar-refractivity contribution in [2.24, 2.45) is 0 Å². The SMILES string of the molecule is Fc1cccc(Oc2ncccc2-c2cc(N3CCOCC3)n3nc(-c4ccncc4)cc3n2)c1. The number of halogens is 1. The molecule has 5 heterocycles. The van der Waals surface area contributed by atoms with Crippen LogP contribution in [0.1, 0.15) is 0 Å². The molecule has 1 aliphatic rings. The summed E-state index contributed by atoms with van der Waals surface area (Å²) < 4.78 is 27.1. The minimum atomic E-state index is -0.378. The maximum atomic E-state index is 13.7. The van der Waals surface area contributed by atoms with E-state index in [1.165, 1.54) is 12.1 Å². The van der Waals surface area contributed by atoms with Gasteiger partial charge in [-0.15, -0.1) is 0 Å². The molecular weight excluding hydrogens is 447 g/mol. The van der Waals surface area contributed by atoms with Crippen molar-refractivity contribution >= 4 is 11.5 Å². The fourth-order valence-electron chi connectivity index (χ4n) is 4.09. The summed E-state index contributed by atoms with van der Waals surface area (Å²) in [6.45, 7) is 2.75. The highest BCUT2D eigenvalue weighted by atomic mass is 19.1. The second kappa shape index (κ2) is 9.11. The smallest absolute Gasteiger partial charge is 0.228 e. The highest BCUT2D eigenvalue weighted by Gasteiger charge is 2.20. The van der Waals surface area contributed by atoms with Crippen molar-refractivity contribution in [2.45, 2.75) is 0 Å². The number of rotatable bonds is 5. The lowest BCUT2D eigenvalue weighted by Crippen LogP contribution is -2.37. The van der Waals surface area contributed by atoms with Gasteiger partial charge in [0.1, 0.15) is 17.4 Å². The molecule has 0 bridgehead atoms. The summed E-state index contributed by atoms with van der Waals surface area (Å²) in [5, 5.41) is 4.85. The van der Waals surface area contributed by atoms with Crippen LogP contribution in [0.15, 0.2) is 79.3 Å². The lowest BCUT2D eigenvalue weighted by atomic mass is 10.1. The zero-order chi connectivity index (χ0) is 23.6. The molecule has 0 saturated carbocycles. The van der Waals surface area contributed by atoms with Gasteiger partial charge in [0.05, 0.1) is 30.2 Å². The zero-order valence-corrected chi connectivity index (χ0v) is 18.7. The summed E-state index contributed by atoms with van der Waals surface area (Å²) >= 11 is 0. The van der Waals surface area contributed by atoms with Crippen molar-refractivity contribution in [3.05, 3.63) is 85.1 Å². The molecular formula is C26H21FN6O2. The Hall–Kier alpha value is -4.37. The predicted molar refractivity (Wildman–Crippen MR) is 129 cm³/mol. The maximum Gasteiger partial charge on any atom is 0.228 e. The summed E-state index contributed by atoms with van der Waals surface area (Å²) in [7, 11) is 0. The topological polar surface area (TPSA) is 77.7 Å². The van der Waals surface area contributed by atoms with Gasteiger partial charge >= 0.3 is 0 Å². The first-order valence-electron chi connectivity index (χ1n) is 11.3. The van der Waals surface area contributed by atoms with Crippen molar-refractivity contribution in [1.82, 2.24) is 24.6 Å². The Morgan fingerprint density at radius 2 is 1.74 bits per heavy atom. The Labute approximate surface area is 200 Å². The van der Waals surface area contributed by atoms with Crippen LogP contribution in [0.2, 0.25) is 0 Å². The Balaban J connectivity index is 1.49. The van der Waals surface area contributed by atoms with Crippen LogP contribution >= 0.6 is 0 Å². The quantitative estimate of drug-likeness (QED) is 0.372. The summed E-state index contributed by atoms with van der Waals surface area (Å²) in [5.41, 5.74) is 3.82. The summed E-state index contributed by atoms with van der Waals surface area (Å²) in [6.07, 6.45) is 5.12. The maximum absolute atomic E-state index is 13.7. The third kappa shape index (κ3) is 4.29. The van der Waals surface area contributed by atoms with Crippen molar-refractivity contribution in [1.29, 1.82) is 0 Å². The Morgan fingerprint density at radius 1 is 0.886 bits per heavy atom. The molecule has 8 nitrogen and oxygen atoms in total. The van der Waals surface area contributed by atoms with Crippen LogP contribution in [-0.2, 0) is 4.74 Å². The van der Waals surface area contributed by atoms with Crippen LogP contribution in [-0.4, -0.2) is 50.9 Å². The number of benzene rings is 1. The molecule has 6 rings (SSSR count). The minimum Gasteiger partial charge on any atom is -0.438 e. The minimum absolute atomic E-state index is 0.344. The van der Waals surface area contributed by atoms with E-state index in [1.807, 2.05) is 40.9 Å². The van der Waals surface area contributed by atoms with Crippen LogP contribution in [0.3, 0.4) is 0 Å². The van der Waals surface area contributed by atoms with E-state index in [0.29, 0.717) is 41.7 Å². The highest BCUT2D eigenvalue weighted by molar-refractivity contribution is 5.73. The van der Waals surface area contributed by atoms with Gasteiger partial charge in [0, 0.05) is 55.4 Å². The van der Waals surface area contributed by atoms with Crippen molar-refractivity contribution in [2.75, 3.05) is 31.2 Å². The number of pyridine rings is 2. The monoisotopic (exact) mass is 468 g/mol. The molecule has 0 N–H and O–H groups in total. The molecule has 1 fully saturated rings. The van der Waals surface area contributed by atoms with Crippen molar-refractivity contribution in [3.8, 4) is 34.1 Å². The molecule has 174 valence electrons. The van der Waals surface area contributed by atoms with Gasteiger partial charge in [-0.2, -0.15) is 9.61 Å². The third-order valence-corrected chi connectivity index (χ3v) is 5.78. The molecule has 0 radical (unpaired) electrons. The second-order valence-electron chi connectivity index (χ2n) is 8.05. The molecule has 9 heteroatoms. The van der Waals surface area contributed by atoms with E-state index in [-0.39, 0.29) is 5.82 Å². The van der Waals surface area contributed by atoms with Crippen LogP contribution < -0.4 is 9.64 Å². The van der Waals surface area contributed by atoms with Gasteiger partial charge in [-0.25, -0.2) is 14.4 Å². The van der Waals surface area contributed by atoms with E-state index in [1.54, 1.807) is 30.7 Å². The van der Waals surface area contributed by atoms with Gasteiger partial charge in [-0.05, 0) is 36.4 Å². The molecule has 1 aromatic carbocycles. The van der Waals surface area contributed by atoms with Gasteiger partial charge in [-0.1, -0.05) is 6.07 Å². The fraction of sp³-hybridized carbons (Fsp3) is 0.154. The number of aromatic nitrogens is 5. The van der Waals surface area contributed by atoms with Crippen LogP contribution in [0.5, 0.6) is 11.6 Å². The van der Waals surface area contributed by atoms with E-state index in [2.05, 4.69) is 14.9 Å². The van der Waals surface area contributed by atoms with Crippen LogP contribution in [0.4, 0.5) is 10.2 Å². The van der Waals surface area contributed by atoms with Crippen molar-refractivity contribution in [3.63, 3.8) is 0 Å². The summed E-state index contributed by atoms with van der Waals surface area (Å²) in [4.78, 5) is 15.6. The molecule has 0 spiro atoms. The average Bonchev–Trinajstić information content (AvgIpc) is 3.34. The molecule has 35 heavy (non-hydrogen) atoms. The molecule has 0 aliphatic carbocycles. The van der Waals surface area contributed by atoms with E-state index < -0.39 is 0 Å². The molecule has 5 aromatic rings. The Kier molecular flexibility index (Phi) is 5.51. The third-order valence-electron chi connectivity index (χ3n) is 5.78.